The number of carbonyl (C=O) groups is 1. The van der Waals surface area contributed by atoms with E-state index < -0.39 is 12.5 Å². The van der Waals surface area contributed by atoms with Crippen molar-refractivity contribution in [1.82, 2.24) is 10.2 Å². The molecule has 3 heterocycles. The molecule has 0 saturated carbocycles. The lowest BCUT2D eigenvalue weighted by molar-refractivity contribution is -0.113. The predicted molar refractivity (Wildman–Crippen MR) is 126 cm³/mol. The highest BCUT2D eigenvalue weighted by Crippen LogP contribution is 2.32. The zero-order valence-corrected chi connectivity index (χ0v) is 18.7. The van der Waals surface area contributed by atoms with E-state index in [0.29, 0.717) is 28.4 Å². The average molecular weight is 494 g/mol. The normalized spacial score (nSPS) is 14.7. The maximum absolute atomic E-state index is 13.2. The zero-order valence-electron chi connectivity index (χ0n) is 17.9. The summed E-state index contributed by atoms with van der Waals surface area (Å²) in [7, 11) is 0. The number of halogens is 2. The van der Waals surface area contributed by atoms with Gasteiger partial charge in [0.2, 0.25) is 11.8 Å². The predicted octanol–water partition coefficient (Wildman–Crippen LogP) is 5.61. The van der Waals surface area contributed by atoms with E-state index in [1.807, 2.05) is 30.3 Å². The van der Waals surface area contributed by atoms with Crippen molar-refractivity contribution < 1.29 is 27.1 Å². The summed E-state index contributed by atoms with van der Waals surface area (Å²) in [4.78, 5) is 19.0. The monoisotopic (exact) mass is 494 g/mol. The van der Waals surface area contributed by atoms with E-state index in [2.05, 4.69) is 19.9 Å². The fraction of sp³-hybridized carbons (Fsp3) is 0.0833. The summed E-state index contributed by atoms with van der Waals surface area (Å²) in [5.41, 5.74) is 1.38. The third-order valence-electron chi connectivity index (χ3n) is 4.78. The number of aliphatic imine (C=N–C) groups is 1. The number of ether oxygens (including phenoxy) is 1. The van der Waals surface area contributed by atoms with E-state index in [1.54, 1.807) is 12.1 Å². The number of alkyl halides is 2. The third-order valence-corrected chi connectivity index (χ3v) is 5.71. The minimum atomic E-state index is -2.94. The molecule has 35 heavy (non-hydrogen) atoms. The van der Waals surface area contributed by atoms with Crippen LogP contribution in [0.2, 0.25) is 0 Å². The highest BCUT2D eigenvalue weighted by molar-refractivity contribution is 8.13. The molecule has 0 saturated heterocycles. The number of aromatic nitrogens is 2. The molecule has 1 aliphatic heterocycles. The van der Waals surface area contributed by atoms with Crippen LogP contribution < -0.4 is 9.64 Å². The highest BCUT2D eigenvalue weighted by atomic mass is 32.2. The van der Waals surface area contributed by atoms with E-state index in [0.717, 1.165) is 5.56 Å². The summed E-state index contributed by atoms with van der Waals surface area (Å²) in [5.74, 6) is 1.04. The van der Waals surface area contributed by atoms with Crippen LogP contribution in [0.15, 0.2) is 92.5 Å². The molecule has 0 radical (unpaired) electrons. The molecule has 2 aromatic heterocycles. The number of anilines is 1. The minimum absolute atomic E-state index is 0.0211. The average Bonchev–Trinajstić information content (AvgIpc) is 3.61. The molecule has 0 atom stereocenters. The van der Waals surface area contributed by atoms with Crippen LogP contribution in [0.3, 0.4) is 0 Å². The molecule has 0 spiro atoms. The van der Waals surface area contributed by atoms with Gasteiger partial charge in [-0.25, -0.2) is 4.99 Å². The Morgan fingerprint density at radius 3 is 2.54 bits per heavy atom. The van der Waals surface area contributed by atoms with Gasteiger partial charge in [0.1, 0.15) is 17.2 Å². The number of carbonyl (C=O) groups excluding carboxylic acids is 1. The standard InChI is InChI=1S/C24H16F2N4O4S/c25-23(26)33-17-10-8-16(9-11-17)30-22(31)19(13-18-7-4-12-32-18)27-24(30)35-14-20-28-29-21(34-20)15-5-2-1-3-6-15/h1-13,23H,14H2/b19-13-. The van der Waals surface area contributed by atoms with E-state index >= 15 is 0 Å². The number of amidine groups is 1. The maximum atomic E-state index is 13.2. The van der Waals surface area contributed by atoms with Gasteiger partial charge < -0.3 is 13.6 Å². The molecule has 0 bridgehead atoms. The molecule has 2 aromatic carbocycles. The van der Waals surface area contributed by atoms with Gasteiger partial charge in [0.05, 0.1) is 17.7 Å². The van der Waals surface area contributed by atoms with Crippen molar-refractivity contribution in [1.29, 1.82) is 0 Å². The van der Waals surface area contributed by atoms with Crippen molar-refractivity contribution in [2.75, 3.05) is 4.90 Å². The summed E-state index contributed by atoms with van der Waals surface area (Å²) < 4.78 is 40.5. The first-order valence-electron chi connectivity index (χ1n) is 10.3. The Morgan fingerprint density at radius 1 is 1.03 bits per heavy atom. The zero-order chi connectivity index (χ0) is 24.2. The fourth-order valence-electron chi connectivity index (χ4n) is 3.24. The number of furan rings is 1. The molecule has 0 aliphatic carbocycles. The van der Waals surface area contributed by atoms with Crippen molar-refractivity contribution in [2.45, 2.75) is 12.4 Å². The number of hydrogen-bond acceptors (Lipinski definition) is 8. The van der Waals surface area contributed by atoms with E-state index in [4.69, 9.17) is 8.83 Å². The first-order chi connectivity index (χ1) is 17.1. The number of benzene rings is 2. The maximum Gasteiger partial charge on any atom is 0.387 e. The lowest BCUT2D eigenvalue weighted by atomic mass is 10.2. The second-order valence-electron chi connectivity index (χ2n) is 7.11. The van der Waals surface area contributed by atoms with Crippen molar-refractivity contribution in [3.63, 3.8) is 0 Å². The van der Waals surface area contributed by atoms with Gasteiger partial charge in [-0.05, 0) is 48.5 Å². The molecule has 1 amide bonds. The molecule has 4 aromatic rings. The van der Waals surface area contributed by atoms with Crippen LogP contribution >= 0.6 is 11.8 Å². The van der Waals surface area contributed by atoms with Crippen LogP contribution in [-0.4, -0.2) is 27.9 Å². The summed E-state index contributed by atoms with van der Waals surface area (Å²) >= 11 is 1.22. The molecular weight excluding hydrogens is 478 g/mol. The third kappa shape index (κ3) is 5.14. The minimum Gasteiger partial charge on any atom is -0.465 e. The van der Waals surface area contributed by atoms with Gasteiger partial charge in [-0.1, -0.05) is 30.0 Å². The highest BCUT2D eigenvalue weighted by Gasteiger charge is 2.32. The number of nitrogens with zero attached hydrogens (tertiary/aromatic N) is 4. The van der Waals surface area contributed by atoms with Crippen molar-refractivity contribution >= 4 is 34.6 Å². The smallest absolute Gasteiger partial charge is 0.387 e. The second kappa shape index (κ2) is 9.94. The first-order valence-corrected chi connectivity index (χ1v) is 11.3. The molecule has 1 aliphatic rings. The summed E-state index contributed by atoms with van der Waals surface area (Å²) in [6.07, 6.45) is 3.02. The summed E-state index contributed by atoms with van der Waals surface area (Å²) in [6, 6.07) is 18.5. The van der Waals surface area contributed by atoms with Crippen LogP contribution in [0.5, 0.6) is 5.75 Å². The molecule has 11 heteroatoms. The largest absolute Gasteiger partial charge is 0.465 e. The molecule has 5 rings (SSSR count). The fourth-order valence-corrected chi connectivity index (χ4v) is 4.09. The Kier molecular flexibility index (Phi) is 6.40. The number of rotatable bonds is 7. The quantitative estimate of drug-likeness (QED) is 0.308. The number of thioether (sulfide) groups is 1. The second-order valence-corrected chi connectivity index (χ2v) is 8.05. The molecule has 8 nitrogen and oxygen atoms in total. The number of amides is 1. The number of hydrogen-bond donors (Lipinski definition) is 0. The first kappa shape index (κ1) is 22.5. The van der Waals surface area contributed by atoms with Crippen LogP contribution in [0.1, 0.15) is 11.7 Å². The molecule has 176 valence electrons. The van der Waals surface area contributed by atoms with E-state index in [-0.39, 0.29) is 17.2 Å². The van der Waals surface area contributed by atoms with E-state index in [9.17, 15) is 13.6 Å². The van der Waals surface area contributed by atoms with Crippen LogP contribution in [0, 0.1) is 0 Å². The van der Waals surface area contributed by atoms with Gasteiger partial charge in [-0.3, -0.25) is 9.69 Å². The van der Waals surface area contributed by atoms with Gasteiger partial charge in [-0.2, -0.15) is 8.78 Å². The van der Waals surface area contributed by atoms with Gasteiger partial charge >= 0.3 is 6.61 Å². The molecule has 0 fully saturated rings. The molecule has 0 N–H and O–H groups in total. The Balaban J connectivity index is 1.39. The van der Waals surface area contributed by atoms with Crippen molar-refractivity contribution in [3.8, 4) is 17.2 Å². The summed E-state index contributed by atoms with van der Waals surface area (Å²) in [5, 5.41) is 8.51. The van der Waals surface area contributed by atoms with Crippen molar-refractivity contribution in [3.05, 3.63) is 90.3 Å². The van der Waals surface area contributed by atoms with Crippen LogP contribution in [0.4, 0.5) is 14.5 Å². The molecule has 0 unspecified atom stereocenters. The topological polar surface area (TPSA) is 94.0 Å². The Bertz CT molecular complexity index is 1370. The van der Waals surface area contributed by atoms with Gasteiger partial charge in [0.25, 0.3) is 5.91 Å². The molecular formula is C24H16F2N4O4S. The SMILES string of the molecule is O=C1/C(=C/c2ccco2)N=C(SCc2nnc(-c3ccccc3)o2)N1c1ccc(OC(F)F)cc1. The van der Waals surface area contributed by atoms with Crippen molar-refractivity contribution in [2.24, 2.45) is 4.99 Å². The van der Waals surface area contributed by atoms with Gasteiger partial charge in [-0.15, -0.1) is 10.2 Å². The van der Waals surface area contributed by atoms with Gasteiger partial charge in [0.15, 0.2) is 5.17 Å². The lowest BCUT2D eigenvalue weighted by Gasteiger charge is -2.17. The lowest BCUT2D eigenvalue weighted by Crippen LogP contribution is -2.30. The Labute approximate surface area is 201 Å². The van der Waals surface area contributed by atoms with Gasteiger partial charge in [0, 0.05) is 11.6 Å². The Hall–Kier alpha value is -4.25. The summed E-state index contributed by atoms with van der Waals surface area (Å²) in [6.45, 7) is -2.94. The van der Waals surface area contributed by atoms with Crippen LogP contribution in [-0.2, 0) is 10.5 Å². The van der Waals surface area contributed by atoms with Crippen LogP contribution in [0.25, 0.3) is 17.5 Å². The van der Waals surface area contributed by atoms with E-state index in [1.165, 1.54) is 53.3 Å². The Morgan fingerprint density at radius 2 is 1.83 bits per heavy atom.